The van der Waals surface area contributed by atoms with Gasteiger partial charge in [0.1, 0.15) is 0 Å². The van der Waals surface area contributed by atoms with Crippen LogP contribution in [0.3, 0.4) is 0 Å². The highest BCUT2D eigenvalue weighted by atomic mass is 35.5. The van der Waals surface area contributed by atoms with Gasteiger partial charge in [-0.15, -0.1) is 0 Å². The lowest BCUT2D eigenvalue weighted by atomic mass is 10.1. The van der Waals surface area contributed by atoms with Crippen molar-refractivity contribution in [3.63, 3.8) is 0 Å². The first-order valence-electron chi connectivity index (χ1n) is 7.15. The Labute approximate surface area is 139 Å². The summed E-state index contributed by atoms with van der Waals surface area (Å²) in [4.78, 5) is 18.7. The summed E-state index contributed by atoms with van der Waals surface area (Å²) in [7, 11) is 0. The molecule has 1 aromatic heterocycles. The molecular formula is C17H16Cl2N2O. The first kappa shape index (κ1) is 15.3. The van der Waals surface area contributed by atoms with E-state index in [1.54, 1.807) is 13.1 Å². The van der Waals surface area contributed by atoms with E-state index in [9.17, 15) is 4.79 Å². The molecule has 1 aromatic carbocycles. The number of pyridine rings is 1. The first-order valence-corrected chi connectivity index (χ1v) is 7.91. The van der Waals surface area contributed by atoms with Gasteiger partial charge < -0.3 is 4.90 Å². The molecule has 1 atom stereocenters. The highest BCUT2D eigenvalue weighted by Crippen LogP contribution is 2.34. The van der Waals surface area contributed by atoms with E-state index in [1.807, 2.05) is 24.0 Å². The third kappa shape index (κ3) is 2.59. The van der Waals surface area contributed by atoms with Crippen molar-refractivity contribution < 1.29 is 4.79 Å². The summed E-state index contributed by atoms with van der Waals surface area (Å²) < 4.78 is 0. The summed E-state index contributed by atoms with van der Waals surface area (Å²) in [6.07, 6.45) is 1.74. The van der Waals surface area contributed by atoms with Gasteiger partial charge in [0.2, 0.25) is 5.91 Å². The number of carbonyl (C=O) groups excluding carboxylic acids is 1. The standard InChI is InChI=1S/C17H16Cl2N2O/c1-10-17(19)14(15(18)8-20-10)7-16(22)21-9-12-5-3-4-6-13(12)11(21)2/h3-6,8,11H,7,9H2,1-2H3/t11-/m0/s1. The van der Waals surface area contributed by atoms with E-state index in [0.717, 1.165) is 0 Å². The third-order valence-electron chi connectivity index (χ3n) is 4.20. The molecule has 0 saturated carbocycles. The Kier molecular flexibility index (Phi) is 4.11. The molecule has 2 aromatic rings. The van der Waals surface area contributed by atoms with Crippen LogP contribution < -0.4 is 0 Å². The zero-order valence-electron chi connectivity index (χ0n) is 12.4. The monoisotopic (exact) mass is 334 g/mol. The lowest BCUT2D eigenvalue weighted by molar-refractivity contribution is -0.132. The molecule has 0 saturated heterocycles. The summed E-state index contributed by atoms with van der Waals surface area (Å²) in [6, 6.07) is 8.21. The SMILES string of the molecule is Cc1ncc(Cl)c(CC(=O)N2Cc3ccccc3[C@@H]2C)c1Cl. The molecule has 2 heterocycles. The van der Waals surface area contributed by atoms with E-state index >= 15 is 0 Å². The largest absolute Gasteiger partial charge is 0.331 e. The topological polar surface area (TPSA) is 33.2 Å². The second-order valence-electron chi connectivity index (χ2n) is 5.56. The van der Waals surface area contributed by atoms with Gasteiger partial charge in [-0.2, -0.15) is 0 Å². The Bertz CT molecular complexity index is 745. The number of nitrogens with zero attached hydrogens (tertiary/aromatic N) is 2. The quantitative estimate of drug-likeness (QED) is 0.818. The Hall–Kier alpha value is -1.58. The van der Waals surface area contributed by atoms with Crippen molar-refractivity contribution in [3.05, 3.63) is 62.9 Å². The van der Waals surface area contributed by atoms with E-state index < -0.39 is 0 Å². The van der Waals surface area contributed by atoms with Crippen molar-refractivity contribution >= 4 is 29.1 Å². The number of hydrogen-bond acceptors (Lipinski definition) is 2. The van der Waals surface area contributed by atoms with E-state index in [4.69, 9.17) is 23.2 Å². The maximum Gasteiger partial charge on any atom is 0.227 e. The Morgan fingerprint density at radius 1 is 1.36 bits per heavy atom. The minimum Gasteiger partial charge on any atom is -0.331 e. The zero-order valence-corrected chi connectivity index (χ0v) is 13.9. The van der Waals surface area contributed by atoms with Gasteiger partial charge in [-0.1, -0.05) is 47.5 Å². The molecule has 1 aliphatic heterocycles. The number of carbonyl (C=O) groups is 1. The molecule has 0 fully saturated rings. The lowest BCUT2D eigenvalue weighted by Gasteiger charge is -2.22. The van der Waals surface area contributed by atoms with Crippen LogP contribution in [0.5, 0.6) is 0 Å². The second kappa shape index (κ2) is 5.90. The number of aromatic nitrogens is 1. The normalized spacial score (nSPS) is 16.7. The summed E-state index contributed by atoms with van der Waals surface area (Å²) in [5, 5.41) is 0.915. The van der Waals surface area contributed by atoms with Gasteiger partial charge in [0.05, 0.1) is 28.2 Å². The minimum absolute atomic E-state index is 0.0260. The molecule has 3 rings (SSSR count). The molecule has 0 radical (unpaired) electrons. The maximum absolute atomic E-state index is 12.7. The fraction of sp³-hybridized carbons (Fsp3) is 0.294. The smallest absolute Gasteiger partial charge is 0.227 e. The van der Waals surface area contributed by atoms with Crippen LogP contribution >= 0.6 is 23.2 Å². The average molecular weight is 335 g/mol. The predicted molar refractivity (Wildman–Crippen MR) is 88.1 cm³/mol. The zero-order chi connectivity index (χ0) is 15.9. The number of amides is 1. The second-order valence-corrected chi connectivity index (χ2v) is 6.34. The molecule has 1 amide bonds. The Balaban J connectivity index is 1.84. The Morgan fingerprint density at radius 3 is 2.82 bits per heavy atom. The summed E-state index contributed by atoms with van der Waals surface area (Å²) >= 11 is 12.4. The molecule has 0 bridgehead atoms. The molecule has 1 aliphatic rings. The average Bonchev–Trinajstić information content (AvgIpc) is 2.85. The van der Waals surface area contributed by atoms with E-state index in [0.29, 0.717) is 27.8 Å². The van der Waals surface area contributed by atoms with Crippen LogP contribution in [0, 0.1) is 6.92 Å². The van der Waals surface area contributed by atoms with Crippen molar-refractivity contribution in [1.82, 2.24) is 9.88 Å². The van der Waals surface area contributed by atoms with E-state index in [2.05, 4.69) is 17.1 Å². The molecule has 0 unspecified atom stereocenters. The van der Waals surface area contributed by atoms with E-state index in [-0.39, 0.29) is 18.4 Å². The molecule has 114 valence electrons. The van der Waals surface area contributed by atoms with Crippen molar-refractivity contribution in [1.29, 1.82) is 0 Å². The molecule has 22 heavy (non-hydrogen) atoms. The minimum atomic E-state index is 0.0260. The van der Waals surface area contributed by atoms with Gasteiger partial charge in [-0.05, 0) is 25.0 Å². The Morgan fingerprint density at radius 2 is 2.09 bits per heavy atom. The summed E-state index contributed by atoms with van der Waals surface area (Å²) in [5.41, 5.74) is 3.75. The highest BCUT2D eigenvalue weighted by Gasteiger charge is 2.30. The van der Waals surface area contributed by atoms with Gasteiger partial charge in [0.15, 0.2) is 0 Å². The fourth-order valence-electron chi connectivity index (χ4n) is 2.90. The van der Waals surface area contributed by atoms with E-state index in [1.165, 1.54) is 11.1 Å². The third-order valence-corrected chi connectivity index (χ3v) is 5.03. The summed E-state index contributed by atoms with van der Waals surface area (Å²) in [5.74, 6) is 0.0260. The van der Waals surface area contributed by atoms with Crippen LogP contribution in [-0.2, 0) is 17.8 Å². The van der Waals surface area contributed by atoms with Crippen molar-refractivity contribution in [2.24, 2.45) is 0 Å². The van der Waals surface area contributed by atoms with Crippen LogP contribution in [0.1, 0.15) is 35.3 Å². The molecule has 0 aliphatic carbocycles. The van der Waals surface area contributed by atoms with Crippen LogP contribution in [0.15, 0.2) is 30.5 Å². The van der Waals surface area contributed by atoms with Gasteiger partial charge >= 0.3 is 0 Å². The van der Waals surface area contributed by atoms with Crippen molar-refractivity contribution in [2.45, 2.75) is 32.9 Å². The number of fused-ring (bicyclic) bond motifs is 1. The predicted octanol–water partition coefficient (Wildman–Crippen LogP) is 4.34. The van der Waals surface area contributed by atoms with Gasteiger partial charge in [0, 0.05) is 18.3 Å². The van der Waals surface area contributed by atoms with Crippen LogP contribution in [-0.4, -0.2) is 15.8 Å². The van der Waals surface area contributed by atoms with Gasteiger partial charge in [0.25, 0.3) is 0 Å². The number of halogens is 2. The van der Waals surface area contributed by atoms with Gasteiger partial charge in [-0.25, -0.2) is 0 Å². The number of hydrogen-bond donors (Lipinski definition) is 0. The van der Waals surface area contributed by atoms with Gasteiger partial charge in [-0.3, -0.25) is 9.78 Å². The number of aryl methyl sites for hydroxylation is 1. The molecule has 5 heteroatoms. The van der Waals surface area contributed by atoms with Crippen molar-refractivity contribution in [3.8, 4) is 0 Å². The summed E-state index contributed by atoms with van der Waals surface area (Å²) in [6.45, 7) is 4.49. The number of rotatable bonds is 2. The van der Waals surface area contributed by atoms with Crippen molar-refractivity contribution in [2.75, 3.05) is 0 Å². The maximum atomic E-state index is 12.7. The molecule has 3 nitrogen and oxygen atoms in total. The molecular weight excluding hydrogens is 319 g/mol. The lowest BCUT2D eigenvalue weighted by Crippen LogP contribution is -2.29. The molecule has 0 N–H and O–H groups in total. The fourth-order valence-corrected chi connectivity index (χ4v) is 3.38. The highest BCUT2D eigenvalue weighted by molar-refractivity contribution is 6.36. The first-order chi connectivity index (χ1) is 10.5. The van der Waals surface area contributed by atoms with Crippen LogP contribution in [0.25, 0.3) is 0 Å². The molecule has 0 spiro atoms. The van der Waals surface area contributed by atoms with Crippen LogP contribution in [0.2, 0.25) is 10.0 Å². The van der Waals surface area contributed by atoms with Crippen LogP contribution in [0.4, 0.5) is 0 Å². The number of benzene rings is 1.